The minimum atomic E-state index is -0.227. The zero-order valence-corrected chi connectivity index (χ0v) is 18.6. The van der Waals surface area contributed by atoms with E-state index in [0.29, 0.717) is 13.1 Å². The van der Waals surface area contributed by atoms with Gasteiger partial charge < -0.3 is 19.5 Å². The molecule has 0 saturated carbocycles. The van der Waals surface area contributed by atoms with Crippen LogP contribution in [0.3, 0.4) is 0 Å². The van der Waals surface area contributed by atoms with Gasteiger partial charge in [0.2, 0.25) is 0 Å². The van der Waals surface area contributed by atoms with Gasteiger partial charge in [0.1, 0.15) is 5.75 Å². The van der Waals surface area contributed by atoms with Crippen LogP contribution in [-0.2, 0) is 13.0 Å². The van der Waals surface area contributed by atoms with Crippen LogP contribution in [0.15, 0.2) is 97.2 Å². The van der Waals surface area contributed by atoms with Crippen molar-refractivity contribution in [3.05, 3.63) is 120 Å². The Morgan fingerprint density at radius 1 is 0.939 bits per heavy atom. The van der Waals surface area contributed by atoms with Gasteiger partial charge in [-0.2, -0.15) is 0 Å². The lowest BCUT2D eigenvalue weighted by Gasteiger charge is -2.31. The Bertz CT molecular complexity index is 1230. The van der Waals surface area contributed by atoms with Crippen LogP contribution < -0.4 is 10.1 Å². The third kappa shape index (κ3) is 4.22. The minimum absolute atomic E-state index is 0.0730. The fourth-order valence-electron chi connectivity index (χ4n) is 4.54. The van der Waals surface area contributed by atoms with Gasteiger partial charge in [-0.3, -0.25) is 0 Å². The number of aromatic nitrogens is 1. The zero-order chi connectivity index (χ0) is 22.6. The summed E-state index contributed by atoms with van der Waals surface area (Å²) in [7, 11) is 1.66. The first-order valence-corrected chi connectivity index (χ1v) is 11.2. The monoisotopic (exact) mass is 437 g/mol. The summed E-state index contributed by atoms with van der Waals surface area (Å²) in [5, 5.41) is 3.16. The molecule has 166 valence electrons. The molecule has 0 fully saturated rings. The van der Waals surface area contributed by atoms with Crippen LogP contribution >= 0.6 is 0 Å². The number of para-hydroxylation sites is 1. The second kappa shape index (κ2) is 9.25. The van der Waals surface area contributed by atoms with Crippen molar-refractivity contribution in [3.8, 4) is 11.4 Å². The molecule has 5 heteroatoms. The van der Waals surface area contributed by atoms with E-state index >= 15 is 0 Å². The van der Waals surface area contributed by atoms with Gasteiger partial charge in [0.05, 0.1) is 25.4 Å². The highest BCUT2D eigenvalue weighted by molar-refractivity contribution is 5.76. The molecule has 2 amide bonds. The van der Waals surface area contributed by atoms with Crippen molar-refractivity contribution in [2.45, 2.75) is 19.0 Å². The molecule has 0 spiro atoms. The Hall–Kier alpha value is -3.99. The normalized spacial score (nSPS) is 14.7. The van der Waals surface area contributed by atoms with Crippen molar-refractivity contribution in [1.82, 2.24) is 14.8 Å². The largest absolute Gasteiger partial charge is 0.497 e. The van der Waals surface area contributed by atoms with E-state index in [1.807, 2.05) is 65.6 Å². The second-order valence-corrected chi connectivity index (χ2v) is 8.20. The number of rotatable bonds is 5. The van der Waals surface area contributed by atoms with Crippen LogP contribution in [0.1, 0.15) is 28.4 Å². The SMILES string of the molecule is COc1ccc([C@@H]2c3cccn3-c3ccccc3CN2C(=O)NCCc2ccccc2)cc1. The van der Waals surface area contributed by atoms with Crippen LogP contribution in [0.5, 0.6) is 5.75 Å². The molecule has 0 bridgehead atoms. The van der Waals surface area contributed by atoms with E-state index in [1.165, 1.54) is 5.56 Å². The number of amides is 2. The third-order valence-electron chi connectivity index (χ3n) is 6.19. The smallest absolute Gasteiger partial charge is 0.318 e. The Labute approximate surface area is 194 Å². The maximum absolute atomic E-state index is 13.6. The standard InChI is InChI=1S/C28H27N3O2/c1-33-24-15-13-22(14-16-24)27-26-12-7-19-30(26)25-11-6-5-10-23(25)20-31(27)28(32)29-18-17-21-8-3-2-4-9-21/h2-16,19,27H,17-18,20H2,1H3,(H,29,32)/t27-/m1/s1. The van der Waals surface area contributed by atoms with Crippen LogP contribution in [-0.4, -0.2) is 29.2 Å². The van der Waals surface area contributed by atoms with E-state index in [1.54, 1.807) is 7.11 Å². The van der Waals surface area contributed by atoms with E-state index in [-0.39, 0.29) is 12.1 Å². The minimum Gasteiger partial charge on any atom is -0.497 e. The Balaban J connectivity index is 1.49. The van der Waals surface area contributed by atoms with Crippen molar-refractivity contribution >= 4 is 6.03 Å². The van der Waals surface area contributed by atoms with Gasteiger partial charge >= 0.3 is 6.03 Å². The molecule has 5 nitrogen and oxygen atoms in total. The van der Waals surface area contributed by atoms with Gasteiger partial charge in [0.25, 0.3) is 0 Å². The predicted octanol–water partition coefficient (Wildman–Crippen LogP) is 5.34. The lowest BCUT2D eigenvalue weighted by molar-refractivity contribution is 0.180. The molecule has 1 aliphatic heterocycles. The number of urea groups is 1. The number of ether oxygens (including phenoxy) is 1. The molecule has 1 aliphatic rings. The maximum atomic E-state index is 13.6. The summed E-state index contributed by atoms with van der Waals surface area (Å²) in [5.74, 6) is 0.796. The second-order valence-electron chi connectivity index (χ2n) is 8.20. The van der Waals surface area contributed by atoms with Crippen molar-refractivity contribution in [3.63, 3.8) is 0 Å². The van der Waals surface area contributed by atoms with Crippen LogP contribution in [0.2, 0.25) is 0 Å². The van der Waals surface area contributed by atoms with Gasteiger partial charge in [0.15, 0.2) is 0 Å². The van der Waals surface area contributed by atoms with Crippen molar-refractivity contribution in [1.29, 1.82) is 0 Å². The Morgan fingerprint density at radius 2 is 1.70 bits per heavy atom. The highest BCUT2D eigenvalue weighted by atomic mass is 16.5. The molecule has 0 radical (unpaired) electrons. The van der Waals surface area contributed by atoms with Crippen LogP contribution in [0.4, 0.5) is 4.79 Å². The summed E-state index contributed by atoms with van der Waals surface area (Å²) in [6, 6.07) is 30.3. The number of fused-ring (bicyclic) bond motifs is 3. The molecule has 5 rings (SSSR count). The van der Waals surface area contributed by atoms with E-state index in [9.17, 15) is 4.79 Å². The summed E-state index contributed by atoms with van der Waals surface area (Å²) in [4.78, 5) is 15.5. The van der Waals surface area contributed by atoms with E-state index < -0.39 is 0 Å². The topological polar surface area (TPSA) is 46.5 Å². The quantitative estimate of drug-likeness (QED) is 0.458. The molecular formula is C28H27N3O2. The summed E-state index contributed by atoms with van der Waals surface area (Å²) in [6.45, 7) is 1.10. The maximum Gasteiger partial charge on any atom is 0.318 e. The summed E-state index contributed by atoms with van der Waals surface area (Å²) in [6.07, 6.45) is 2.86. The molecule has 0 saturated heterocycles. The molecule has 1 aromatic heterocycles. The van der Waals surface area contributed by atoms with Gasteiger partial charge in [-0.15, -0.1) is 0 Å². The Morgan fingerprint density at radius 3 is 2.48 bits per heavy atom. The van der Waals surface area contributed by atoms with Crippen molar-refractivity contribution < 1.29 is 9.53 Å². The molecule has 1 atom stereocenters. The number of carbonyl (C=O) groups is 1. The molecule has 33 heavy (non-hydrogen) atoms. The lowest BCUT2D eigenvalue weighted by atomic mass is 10.0. The molecule has 4 aromatic rings. The van der Waals surface area contributed by atoms with Gasteiger partial charge in [-0.25, -0.2) is 4.79 Å². The average molecular weight is 438 g/mol. The molecule has 2 heterocycles. The summed E-state index contributed by atoms with van der Waals surface area (Å²) in [5.41, 5.74) is 5.53. The van der Waals surface area contributed by atoms with E-state index in [2.05, 4.69) is 46.4 Å². The molecule has 3 aromatic carbocycles. The first kappa shape index (κ1) is 20.9. The number of hydrogen-bond acceptors (Lipinski definition) is 2. The van der Waals surface area contributed by atoms with Gasteiger partial charge in [0, 0.05) is 18.4 Å². The number of nitrogens with one attached hydrogen (secondary N) is 1. The highest BCUT2D eigenvalue weighted by Gasteiger charge is 2.32. The number of hydrogen-bond donors (Lipinski definition) is 1. The number of carbonyl (C=O) groups excluding carboxylic acids is 1. The van der Waals surface area contributed by atoms with Crippen molar-refractivity contribution in [2.24, 2.45) is 0 Å². The fourth-order valence-corrected chi connectivity index (χ4v) is 4.54. The highest BCUT2D eigenvalue weighted by Crippen LogP contribution is 2.37. The van der Waals surface area contributed by atoms with Crippen LogP contribution in [0, 0.1) is 0 Å². The van der Waals surface area contributed by atoms with Crippen LogP contribution in [0.25, 0.3) is 5.69 Å². The first-order chi connectivity index (χ1) is 16.2. The lowest BCUT2D eigenvalue weighted by Crippen LogP contribution is -2.42. The number of benzene rings is 3. The zero-order valence-electron chi connectivity index (χ0n) is 18.6. The number of methoxy groups -OCH3 is 1. The number of nitrogens with zero attached hydrogens (tertiary/aromatic N) is 2. The Kier molecular flexibility index (Phi) is 5.85. The molecular weight excluding hydrogens is 410 g/mol. The average Bonchev–Trinajstić information content (AvgIpc) is 3.29. The fraction of sp³-hybridized carbons (Fsp3) is 0.179. The van der Waals surface area contributed by atoms with Gasteiger partial charge in [-0.05, 0) is 53.4 Å². The first-order valence-electron chi connectivity index (χ1n) is 11.2. The van der Waals surface area contributed by atoms with Crippen molar-refractivity contribution in [2.75, 3.05) is 13.7 Å². The summed E-state index contributed by atoms with van der Waals surface area (Å²) >= 11 is 0. The molecule has 0 unspecified atom stereocenters. The molecule has 1 N–H and O–H groups in total. The third-order valence-corrected chi connectivity index (χ3v) is 6.19. The van der Waals surface area contributed by atoms with E-state index in [4.69, 9.17) is 4.74 Å². The summed E-state index contributed by atoms with van der Waals surface area (Å²) < 4.78 is 7.55. The van der Waals surface area contributed by atoms with Gasteiger partial charge in [-0.1, -0.05) is 60.7 Å². The van der Waals surface area contributed by atoms with E-state index in [0.717, 1.165) is 34.7 Å². The molecule has 0 aliphatic carbocycles. The predicted molar refractivity (Wildman–Crippen MR) is 130 cm³/mol.